The van der Waals surface area contributed by atoms with Crippen LogP contribution in [-0.2, 0) is 16.1 Å². The maximum atomic E-state index is 12.6. The Bertz CT molecular complexity index is 1150. The molecule has 0 aliphatic heterocycles. The van der Waals surface area contributed by atoms with E-state index in [1.54, 1.807) is 11.3 Å². The number of imidazole rings is 1. The molecule has 1 amide bonds. The van der Waals surface area contributed by atoms with Crippen LogP contribution in [0.15, 0.2) is 6.33 Å². The lowest BCUT2D eigenvalue weighted by Crippen LogP contribution is -2.47. The van der Waals surface area contributed by atoms with E-state index in [4.69, 9.17) is 14.6 Å². The summed E-state index contributed by atoms with van der Waals surface area (Å²) in [4.78, 5) is 36.9. The van der Waals surface area contributed by atoms with E-state index in [1.165, 1.54) is 12.8 Å². The highest BCUT2D eigenvalue weighted by atomic mass is 19.4. The molecule has 0 saturated heterocycles. The highest BCUT2D eigenvalue weighted by molar-refractivity contribution is 5.85. The van der Waals surface area contributed by atoms with Crippen LogP contribution in [0.3, 0.4) is 0 Å². The Morgan fingerprint density at radius 1 is 1.24 bits per heavy atom. The van der Waals surface area contributed by atoms with E-state index >= 15 is 0 Å². The number of alkyl halides is 3. The summed E-state index contributed by atoms with van der Waals surface area (Å²) in [7, 11) is 3.99. The number of aliphatic carboxylic acids is 1. The number of rotatable bonds is 7. The molecular weight excluding hydrogens is 509 g/mol. The van der Waals surface area contributed by atoms with Gasteiger partial charge in [0.25, 0.3) is 0 Å². The molecule has 2 heterocycles. The Morgan fingerprint density at radius 3 is 2.34 bits per heavy atom. The van der Waals surface area contributed by atoms with E-state index in [9.17, 15) is 23.2 Å². The van der Waals surface area contributed by atoms with Crippen LogP contribution < -0.4 is 10.4 Å². The van der Waals surface area contributed by atoms with Crippen molar-refractivity contribution >= 4 is 29.0 Å². The van der Waals surface area contributed by atoms with Crippen molar-refractivity contribution < 1.29 is 32.6 Å². The Labute approximate surface area is 218 Å². The van der Waals surface area contributed by atoms with Crippen LogP contribution in [0.4, 0.5) is 23.8 Å². The van der Waals surface area contributed by atoms with Crippen molar-refractivity contribution in [2.24, 2.45) is 5.92 Å². The standard InChI is InChI=1S/C21H32N8O2.C2HF3O2/c1-21(2,3)31-20(30)26-29(13-15-8-6-7-9-15)19-17-18(24-16(12-22)25-19)28(14-23-17)11-10-27(4)5;3-2(4,5)1(6)7/h14-15H,6-11,13H2,1-5H3,(H,26,30);(H,6,7). The SMILES string of the molecule is CN(C)CCn1cnc2c(N(CC3CCCC3)NC(=O)OC(C)(C)C)nc(C#N)nc21.O=C(O)C(F)(F)F. The molecule has 0 unspecified atom stereocenters. The second kappa shape index (κ2) is 12.7. The van der Waals surface area contributed by atoms with Crippen LogP contribution in [0, 0.1) is 17.2 Å². The molecule has 3 rings (SSSR count). The van der Waals surface area contributed by atoms with Crippen LogP contribution in [0.2, 0.25) is 0 Å². The van der Waals surface area contributed by atoms with E-state index in [1.807, 2.05) is 45.5 Å². The molecule has 38 heavy (non-hydrogen) atoms. The maximum Gasteiger partial charge on any atom is 0.490 e. The molecule has 1 saturated carbocycles. The van der Waals surface area contributed by atoms with Crippen molar-refractivity contribution in [3.8, 4) is 6.07 Å². The van der Waals surface area contributed by atoms with Gasteiger partial charge in [-0.05, 0) is 53.6 Å². The monoisotopic (exact) mass is 542 g/mol. The number of ether oxygens (including phenoxy) is 1. The Kier molecular flexibility index (Phi) is 10.2. The van der Waals surface area contributed by atoms with Gasteiger partial charge in [-0.1, -0.05) is 12.8 Å². The lowest BCUT2D eigenvalue weighted by Gasteiger charge is -2.29. The summed E-state index contributed by atoms with van der Waals surface area (Å²) >= 11 is 0. The van der Waals surface area contributed by atoms with Crippen molar-refractivity contribution in [2.45, 2.75) is 64.8 Å². The molecule has 0 bridgehead atoms. The molecule has 0 atom stereocenters. The molecule has 210 valence electrons. The number of nitriles is 1. The van der Waals surface area contributed by atoms with Crippen molar-refractivity contribution in [3.05, 3.63) is 12.2 Å². The van der Waals surface area contributed by atoms with Crippen LogP contribution in [-0.4, -0.2) is 80.6 Å². The number of fused-ring (bicyclic) bond motifs is 1. The number of amides is 1. The molecule has 1 fully saturated rings. The van der Waals surface area contributed by atoms with Crippen molar-refractivity contribution in [1.82, 2.24) is 29.8 Å². The first-order chi connectivity index (χ1) is 17.6. The predicted octanol–water partition coefficient (Wildman–Crippen LogP) is 3.33. The van der Waals surface area contributed by atoms with Gasteiger partial charge in [-0.3, -0.25) is 5.01 Å². The van der Waals surface area contributed by atoms with Crippen LogP contribution in [0.5, 0.6) is 0 Å². The number of nitrogens with zero attached hydrogens (tertiary/aromatic N) is 7. The molecule has 1 aliphatic carbocycles. The summed E-state index contributed by atoms with van der Waals surface area (Å²) in [6, 6.07) is 2.04. The van der Waals surface area contributed by atoms with Crippen molar-refractivity contribution in [2.75, 3.05) is 32.2 Å². The van der Waals surface area contributed by atoms with Gasteiger partial charge < -0.3 is 19.3 Å². The first-order valence-corrected chi connectivity index (χ1v) is 12.0. The molecule has 0 spiro atoms. The fourth-order valence-electron chi connectivity index (χ4n) is 3.69. The molecular formula is C23H33F3N8O4. The third-order valence-electron chi connectivity index (χ3n) is 5.37. The summed E-state index contributed by atoms with van der Waals surface area (Å²) in [5.41, 5.74) is 3.33. The normalized spacial score (nSPS) is 14.1. The van der Waals surface area contributed by atoms with E-state index < -0.39 is 23.8 Å². The first kappa shape index (κ1) is 30.6. The topological polar surface area (TPSA) is 150 Å². The fourth-order valence-corrected chi connectivity index (χ4v) is 3.69. The van der Waals surface area contributed by atoms with Crippen molar-refractivity contribution in [1.29, 1.82) is 5.26 Å². The Morgan fingerprint density at radius 2 is 1.84 bits per heavy atom. The van der Waals surface area contributed by atoms with Crippen LogP contribution >= 0.6 is 0 Å². The Hall–Kier alpha value is -3.67. The smallest absolute Gasteiger partial charge is 0.475 e. The minimum atomic E-state index is -5.08. The summed E-state index contributed by atoms with van der Waals surface area (Å²) in [5, 5.41) is 18.3. The minimum Gasteiger partial charge on any atom is -0.475 e. The number of nitrogens with one attached hydrogen (secondary N) is 1. The molecule has 2 aromatic rings. The zero-order chi connectivity index (χ0) is 28.7. The second-order valence-corrected chi connectivity index (χ2v) is 10.1. The lowest BCUT2D eigenvalue weighted by molar-refractivity contribution is -0.192. The van der Waals surface area contributed by atoms with Gasteiger partial charge in [0, 0.05) is 19.6 Å². The quantitative estimate of drug-likeness (QED) is 0.499. The number of carboxylic acid groups (broad SMARTS) is 1. The number of carbonyl (C=O) groups excluding carboxylic acids is 1. The van der Waals surface area contributed by atoms with Gasteiger partial charge >= 0.3 is 18.2 Å². The molecule has 2 aromatic heterocycles. The predicted molar refractivity (Wildman–Crippen MR) is 131 cm³/mol. The number of anilines is 1. The van der Waals surface area contributed by atoms with E-state index in [0.717, 1.165) is 19.4 Å². The fraction of sp³-hybridized carbons (Fsp3) is 0.652. The third kappa shape index (κ3) is 9.33. The van der Waals surface area contributed by atoms with Crippen LogP contribution in [0.1, 0.15) is 52.3 Å². The number of hydrogen-bond donors (Lipinski definition) is 2. The van der Waals surface area contributed by atoms with Gasteiger partial charge in [0.05, 0.1) is 6.33 Å². The van der Waals surface area contributed by atoms with Gasteiger partial charge in [0.1, 0.15) is 11.7 Å². The van der Waals surface area contributed by atoms with Gasteiger partial charge in [0.15, 0.2) is 17.0 Å². The lowest BCUT2D eigenvalue weighted by atomic mass is 10.1. The molecule has 12 nitrogen and oxygen atoms in total. The minimum absolute atomic E-state index is 0.0384. The highest BCUT2D eigenvalue weighted by Crippen LogP contribution is 2.29. The molecule has 0 radical (unpaired) electrons. The summed E-state index contributed by atoms with van der Waals surface area (Å²) in [6.07, 6.45) is 0.572. The number of hydrazine groups is 1. The zero-order valence-electron chi connectivity index (χ0n) is 22.0. The van der Waals surface area contributed by atoms with Gasteiger partial charge in [0.2, 0.25) is 5.82 Å². The third-order valence-corrected chi connectivity index (χ3v) is 5.37. The number of carboxylic acids is 1. The summed E-state index contributed by atoms with van der Waals surface area (Å²) in [5.74, 6) is -1.88. The Balaban J connectivity index is 0.000000638. The zero-order valence-corrected chi connectivity index (χ0v) is 22.0. The number of aromatic nitrogens is 4. The largest absolute Gasteiger partial charge is 0.490 e. The molecule has 2 N–H and O–H groups in total. The van der Waals surface area contributed by atoms with Crippen molar-refractivity contribution in [3.63, 3.8) is 0 Å². The van der Waals surface area contributed by atoms with E-state index in [0.29, 0.717) is 36.0 Å². The summed E-state index contributed by atoms with van der Waals surface area (Å²) in [6.45, 7) is 7.49. The average Bonchev–Trinajstić information content (AvgIpc) is 3.44. The number of halogens is 3. The van der Waals surface area contributed by atoms with Crippen LogP contribution in [0.25, 0.3) is 11.2 Å². The van der Waals surface area contributed by atoms with Gasteiger partial charge in [-0.15, -0.1) is 0 Å². The maximum absolute atomic E-state index is 12.6. The number of likely N-dealkylation sites (N-methyl/N-ethyl adjacent to an activating group) is 1. The summed E-state index contributed by atoms with van der Waals surface area (Å²) < 4.78 is 39.1. The number of carbonyl (C=O) groups is 2. The first-order valence-electron chi connectivity index (χ1n) is 12.0. The van der Waals surface area contributed by atoms with Gasteiger partial charge in [-0.25, -0.2) is 20.0 Å². The highest BCUT2D eigenvalue weighted by Gasteiger charge is 2.38. The number of hydrogen-bond acceptors (Lipinski definition) is 9. The second-order valence-electron chi connectivity index (χ2n) is 10.1. The molecule has 0 aromatic carbocycles. The van der Waals surface area contributed by atoms with Gasteiger partial charge in [-0.2, -0.15) is 28.4 Å². The molecule has 15 heteroatoms. The van der Waals surface area contributed by atoms with E-state index in [-0.39, 0.29) is 5.82 Å². The average molecular weight is 543 g/mol. The molecule has 1 aliphatic rings. The van der Waals surface area contributed by atoms with E-state index in [2.05, 4.69) is 25.3 Å².